The van der Waals surface area contributed by atoms with Gasteiger partial charge in [0.1, 0.15) is 5.54 Å². The Bertz CT molecular complexity index is 309. The number of carbonyl (C=O) groups is 1. The fourth-order valence-corrected chi connectivity index (χ4v) is 3.25. The van der Waals surface area contributed by atoms with Gasteiger partial charge in [0.25, 0.3) is 0 Å². The van der Waals surface area contributed by atoms with Gasteiger partial charge in [0.2, 0.25) is 0 Å². The third-order valence-corrected chi connectivity index (χ3v) is 4.50. The van der Waals surface area contributed by atoms with Crippen molar-refractivity contribution in [1.29, 1.82) is 0 Å². The normalized spacial score (nSPS) is 26.3. The van der Waals surface area contributed by atoms with Crippen LogP contribution in [0.4, 0.5) is 0 Å². The van der Waals surface area contributed by atoms with Gasteiger partial charge in [0.15, 0.2) is 0 Å². The molecule has 4 nitrogen and oxygen atoms in total. The second kappa shape index (κ2) is 7.99. The lowest BCUT2D eigenvalue weighted by molar-refractivity contribution is -0.149. The molecule has 20 heavy (non-hydrogen) atoms. The molecule has 1 saturated carbocycles. The zero-order valence-corrected chi connectivity index (χ0v) is 13.9. The second-order valence-corrected chi connectivity index (χ2v) is 6.59. The molecule has 0 aromatic carbocycles. The van der Waals surface area contributed by atoms with Crippen molar-refractivity contribution in [2.24, 2.45) is 5.92 Å². The molecule has 0 aromatic heterocycles. The molecule has 0 radical (unpaired) electrons. The van der Waals surface area contributed by atoms with E-state index in [4.69, 9.17) is 4.74 Å². The van der Waals surface area contributed by atoms with Gasteiger partial charge in [-0.25, -0.2) is 0 Å². The van der Waals surface area contributed by atoms with Gasteiger partial charge < -0.3 is 15.0 Å². The zero-order chi connectivity index (χ0) is 15.2. The van der Waals surface area contributed by atoms with E-state index >= 15 is 0 Å². The molecule has 1 fully saturated rings. The molecule has 1 rings (SSSR count). The number of hydrogen-bond donors (Lipinski definition) is 1. The second-order valence-electron chi connectivity index (χ2n) is 6.59. The average molecular weight is 284 g/mol. The largest absolute Gasteiger partial charge is 0.468 e. The molecule has 0 aliphatic heterocycles. The maximum Gasteiger partial charge on any atom is 0.327 e. The maximum absolute atomic E-state index is 12.1. The molecule has 0 bridgehead atoms. The number of rotatable bonds is 7. The lowest BCUT2D eigenvalue weighted by Gasteiger charge is -2.39. The smallest absolute Gasteiger partial charge is 0.327 e. The van der Waals surface area contributed by atoms with Gasteiger partial charge in [-0.05, 0) is 45.7 Å². The summed E-state index contributed by atoms with van der Waals surface area (Å²) in [6.45, 7) is 7.93. The number of nitrogens with zero attached hydrogens (tertiary/aromatic N) is 1. The molecule has 0 spiro atoms. The van der Waals surface area contributed by atoms with Crippen molar-refractivity contribution < 1.29 is 9.53 Å². The number of likely N-dealkylation sites (N-methyl/N-ethyl adjacent to an activating group) is 1. The van der Waals surface area contributed by atoms with E-state index in [9.17, 15) is 4.79 Å². The van der Waals surface area contributed by atoms with Crippen LogP contribution < -0.4 is 5.32 Å². The quantitative estimate of drug-likeness (QED) is 0.729. The zero-order valence-electron chi connectivity index (χ0n) is 13.9. The van der Waals surface area contributed by atoms with Crippen molar-refractivity contribution in [3.8, 4) is 0 Å². The summed E-state index contributed by atoms with van der Waals surface area (Å²) in [5, 5.41) is 3.36. The van der Waals surface area contributed by atoms with Crippen LogP contribution in [-0.4, -0.2) is 49.7 Å². The molecule has 0 amide bonds. The summed E-state index contributed by atoms with van der Waals surface area (Å²) in [4.78, 5) is 14.5. The van der Waals surface area contributed by atoms with Crippen LogP contribution in [0, 0.1) is 5.92 Å². The highest BCUT2D eigenvalue weighted by atomic mass is 16.5. The monoisotopic (exact) mass is 284 g/mol. The third-order valence-electron chi connectivity index (χ3n) is 4.50. The molecule has 1 N–H and O–H groups in total. The molecule has 118 valence electrons. The van der Waals surface area contributed by atoms with Gasteiger partial charge in [-0.2, -0.15) is 0 Å². The van der Waals surface area contributed by atoms with E-state index in [0.717, 1.165) is 18.9 Å². The highest BCUT2D eigenvalue weighted by molar-refractivity contribution is 5.80. The minimum atomic E-state index is -0.611. The first kappa shape index (κ1) is 17.4. The Hall–Kier alpha value is -0.610. The van der Waals surface area contributed by atoms with Crippen molar-refractivity contribution in [1.82, 2.24) is 10.2 Å². The molecule has 1 aliphatic carbocycles. The molecule has 3 unspecified atom stereocenters. The number of ether oxygens (including phenoxy) is 1. The Morgan fingerprint density at radius 3 is 2.70 bits per heavy atom. The Morgan fingerprint density at radius 1 is 1.45 bits per heavy atom. The van der Waals surface area contributed by atoms with E-state index in [-0.39, 0.29) is 5.97 Å². The molecule has 0 aromatic rings. The minimum absolute atomic E-state index is 0.165. The van der Waals surface area contributed by atoms with Crippen molar-refractivity contribution in [3.63, 3.8) is 0 Å². The van der Waals surface area contributed by atoms with Crippen LogP contribution in [0.25, 0.3) is 0 Å². The summed E-state index contributed by atoms with van der Waals surface area (Å²) < 4.78 is 4.99. The molecule has 0 heterocycles. The summed E-state index contributed by atoms with van der Waals surface area (Å²) in [5.74, 6) is 0.630. The van der Waals surface area contributed by atoms with E-state index in [0.29, 0.717) is 12.6 Å². The van der Waals surface area contributed by atoms with Crippen LogP contribution >= 0.6 is 0 Å². The van der Waals surface area contributed by atoms with E-state index in [1.54, 1.807) is 0 Å². The molecule has 1 aliphatic rings. The molecule has 3 atom stereocenters. The molecule has 0 saturated heterocycles. The van der Waals surface area contributed by atoms with E-state index < -0.39 is 5.54 Å². The third kappa shape index (κ3) is 4.74. The van der Waals surface area contributed by atoms with Crippen LogP contribution in [0.2, 0.25) is 0 Å². The van der Waals surface area contributed by atoms with Gasteiger partial charge in [0, 0.05) is 12.6 Å². The summed E-state index contributed by atoms with van der Waals surface area (Å²) in [5.41, 5.74) is -0.611. The molecular weight excluding hydrogens is 252 g/mol. The number of methoxy groups -OCH3 is 1. The maximum atomic E-state index is 12.1. The summed E-state index contributed by atoms with van der Waals surface area (Å²) in [7, 11) is 3.61. The Labute approximate surface area is 124 Å². The van der Waals surface area contributed by atoms with E-state index in [2.05, 4.69) is 31.1 Å². The first-order valence-corrected chi connectivity index (χ1v) is 7.96. The predicted molar refractivity (Wildman–Crippen MR) is 82.8 cm³/mol. The van der Waals surface area contributed by atoms with Crippen molar-refractivity contribution >= 4 is 5.97 Å². The number of esters is 1. The lowest BCUT2D eigenvalue weighted by Crippen LogP contribution is -2.58. The standard InChI is InChI=1S/C16H32N2O2/c1-6-10-17-16(3,15(19)20-5)12-18(4)14-9-7-8-13(2)11-14/h13-14,17H,6-12H2,1-5H3. The van der Waals surface area contributed by atoms with Crippen LogP contribution in [-0.2, 0) is 9.53 Å². The van der Waals surface area contributed by atoms with Crippen molar-refractivity contribution in [2.45, 2.75) is 64.5 Å². The van der Waals surface area contributed by atoms with Crippen LogP contribution in [0.15, 0.2) is 0 Å². The highest BCUT2D eigenvalue weighted by Crippen LogP contribution is 2.27. The Morgan fingerprint density at radius 2 is 2.15 bits per heavy atom. The fourth-order valence-electron chi connectivity index (χ4n) is 3.25. The Kier molecular flexibility index (Phi) is 6.96. The SMILES string of the molecule is CCCNC(C)(CN(C)C1CCCC(C)C1)C(=O)OC. The minimum Gasteiger partial charge on any atom is -0.468 e. The number of carbonyl (C=O) groups excluding carboxylic acids is 1. The fraction of sp³-hybridized carbons (Fsp3) is 0.938. The first-order valence-electron chi connectivity index (χ1n) is 7.96. The van der Waals surface area contributed by atoms with Gasteiger partial charge in [-0.1, -0.05) is 26.7 Å². The molecule has 4 heteroatoms. The lowest BCUT2D eigenvalue weighted by atomic mass is 9.85. The van der Waals surface area contributed by atoms with Crippen LogP contribution in [0.3, 0.4) is 0 Å². The van der Waals surface area contributed by atoms with E-state index in [1.807, 2.05) is 6.92 Å². The molecular formula is C16H32N2O2. The van der Waals surface area contributed by atoms with Crippen molar-refractivity contribution in [3.05, 3.63) is 0 Å². The van der Waals surface area contributed by atoms with Gasteiger partial charge in [-0.3, -0.25) is 4.79 Å². The summed E-state index contributed by atoms with van der Waals surface area (Å²) >= 11 is 0. The Balaban J connectivity index is 2.65. The number of nitrogens with one attached hydrogen (secondary N) is 1. The number of hydrogen-bond acceptors (Lipinski definition) is 4. The van der Waals surface area contributed by atoms with Gasteiger partial charge >= 0.3 is 5.97 Å². The average Bonchev–Trinajstić information content (AvgIpc) is 2.44. The van der Waals surface area contributed by atoms with Crippen LogP contribution in [0.5, 0.6) is 0 Å². The van der Waals surface area contributed by atoms with Gasteiger partial charge in [-0.15, -0.1) is 0 Å². The topological polar surface area (TPSA) is 41.6 Å². The summed E-state index contributed by atoms with van der Waals surface area (Å²) in [6, 6.07) is 0.589. The predicted octanol–water partition coefficient (Wildman–Crippen LogP) is 2.43. The van der Waals surface area contributed by atoms with Gasteiger partial charge in [0.05, 0.1) is 7.11 Å². The summed E-state index contributed by atoms with van der Waals surface area (Å²) in [6.07, 6.45) is 6.13. The van der Waals surface area contributed by atoms with Crippen molar-refractivity contribution in [2.75, 3.05) is 27.2 Å². The van der Waals surface area contributed by atoms with E-state index in [1.165, 1.54) is 32.8 Å². The highest BCUT2D eigenvalue weighted by Gasteiger charge is 2.36. The first-order chi connectivity index (χ1) is 9.42. The van der Waals surface area contributed by atoms with Crippen LogP contribution in [0.1, 0.15) is 52.9 Å².